The van der Waals surface area contributed by atoms with Crippen molar-refractivity contribution in [2.24, 2.45) is 5.92 Å². The van der Waals surface area contributed by atoms with Crippen LogP contribution in [0.1, 0.15) is 46.0 Å². The minimum absolute atomic E-state index is 0.0617. The van der Waals surface area contributed by atoms with Crippen LogP contribution in [0.3, 0.4) is 0 Å². The van der Waals surface area contributed by atoms with Crippen LogP contribution < -0.4 is 5.32 Å². The third-order valence-electron chi connectivity index (χ3n) is 4.51. The first-order valence-corrected chi connectivity index (χ1v) is 7.21. The maximum Gasteiger partial charge on any atom is 0.309 e. The second kappa shape index (κ2) is 5.57. The van der Waals surface area contributed by atoms with Crippen LogP contribution in [0.15, 0.2) is 0 Å². The van der Waals surface area contributed by atoms with Crippen molar-refractivity contribution in [2.45, 2.75) is 57.5 Å². The third kappa shape index (κ3) is 3.04. The minimum atomic E-state index is -0.666. The second-order valence-electron chi connectivity index (χ2n) is 6.42. The van der Waals surface area contributed by atoms with Crippen molar-refractivity contribution in [1.82, 2.24) is 10.2 Å². The number of nitrogens with zero attached hydrogens (tertiary/aromatic N) is 1. The molecule has 0 aromatic heterocycles. The molecule has 4 nitrogen and oxygen atoms in total. The van der Waals surface area contributed by atoms with Gasteiger partial charge in [0.25, 0.3) is 0 Å². The molecular weight excluding hydrogens is 228 g/mol. The number of nitrogens with one attached hydrogen (secondary N) is 1. The Morgan fingerprint density at radius 1 is 1.28 bits per heavy atom. The van der Waals surface area contributed by atoms with Crippen LogP contribution in [-0.4, -0.2) is 47.2 Å². The molecule has 1 unspecified atom stereocenters. The Bertz CT molecular complexity index is 298. The molecule has 2 fully saturated rings. The molecule has 18 heavy (non-hydrogen) atoms. The van der Waals surface area contributed by atoms with Crippen molar-refractivity contribution in [1.29, 1.82) is 0 Å². The van der Waals surface area contributed by atoms with E-state index in [9.17, 15) is 9.90 Å². The number of aliphatic carboxylic acids is 1. The molecule has 2 N–H and O–H groups in total. The Kier molecular flexibility index (Phi) is 4.28. The van der Waals surface area contributed by atoms with Crippen molar-refractivity contribution in [2.75, 3.05) is 19.6 Å². The summed E-state index contributed by atoms with van der Waals surface area (Å²) in [5.41, 5.74) is 0.0617. The van der Waals surface area contributed by atoms with Gasteiger partial charge in [-0.05, 0) is 26.7 Å². The van der Waals surface area contributed by atoms with E-state index in [1.54, 1.807) is 0 Å². The number of carboxylic acid groups (broad SMARTS) is 1. The molecular formula is C14H26N2O2. The van der Waals surface area contributed by atoms with Crippen LogP contribution in [0.2, 0.25) is 0 Å². The topological polar surface area (TPSA) is 52.6 Å². The normalized spacial score (nSPS) is 30.9. The van der Waals surface area contributed by atoms with Gasteiger partial charge >= 0.3 is 5.97 Å². The van der Waals surface area contributed by atoms with Crippen LogP contribution in [0.4, 0.5) is 0 Å². The summed E-state index contributed by atoms with van der Waals surface area (Å²) in [5, 5.41) is 12.6. The highest BCUT2D eigenvalue weighted by Crippen LogP contribution is 2.30. The monoisotopic (exact) mass is 254 g/mol. The fourth-order valence-electron chi connectivity index (χ4n) is 3.40. The van der Waals surface area contributed by atoms with Gasteiger partial charge in [-0.1, -0.05) is 19.3 Å². The first-order chi connectivity index (χ1) is 8.50. The summed E-state index contributed by atoms with van der Waals surface area (Å²) < 4.78 is 0. The smallest absolute Gasteiger partial charge is 0.309 e. The first kappa shape index (κ1) is 13.8. The SMILES string of the molecule is CC1(C)CNCC(C(=O)O)CN1C1CCCCC1. The van der Waals surface area contributed by atoms with Crippen LogP contribution in [0, 0.1) is 5.92 Å². The van der Waals surface area contributed by atoms with Gasteiger partial charge in [0.05, 0.1) is 5.92 Å². The lowest BCUT2D eigenvalue weighted by Crippen LogP contribution is -2.54. The highest BCUT2D eigenvalue weighted by molar-refractivity contribution is 5.70. The zero-order chi connectivity index (χ0) is 13.2. The Balaban J connectivity index is 2.12. The third-order valence-corrected chi connectivity index (χ3v) is 4.51. The standard InChI is InChI=1S/C14H26N2O2/c1-14(2)10-15-8-11(13(17)18)9-16(14)12-6-4-3-5-7-12/h11-12,15H,3-10H2,1-2H3,(H,17,18). The van der Waals surface area contributed by atoms with E-state index in [4.69, 9.17) is 0 Å². The van der Waals surface area contributed by atoms with E-state index in [1.165, 1.54) is 32.1 Å². The van der Waals surface area contributed by atoms with E-state index in [0.29, 0.717) is 19.1 Å². The van der Waals surface area contributed by atoms with E-state index in [-0.39, 0.29) is 11.5 Å². The van der Waals surface area contributed by atoms with Crippen molar-refractivity contribution >= 4 is 5.97 Å². The van der Waals surface area contributed by atoms with E-state index < -0.39 is 5.97 Å². The average Bonchev–Trinajstić information content (AvgIpc) is 2.48. The fourth-order valence-corrected chi connectivity index (χ4v) is 3.40. The number of carboxylic acids is 1. The van der Waals surface area contributed by atoms with Crippen LogP contribution in [-0.2, 0) is 4.79 Å². The number of rotatable bonds is 2. The molecule has 0 bridgehead atoms. The molecule has 1 aliphatic heterocycles. The first-order valence-electron chi connectivity index (χ1n) is 7.21. The summed E-state index contributed by atoms with van der Waals surface area (Å²) in [4.78, 5) is 13.7. The predicted octanol–water partition coefficient (Wildman–Crippen LogP) is 1.70. The molecule has 0 amide bonds. The number of hydrogen-bond donors (Lipinski definition) is 2. The Labute approximate surface area is 110 Å². The summed E-state index contributed by atoms with van der Waals surface area (Å²) in [7, 11) is 0. The quantitative estimate of drug-likeness (QED) is 0.787. The molecule has 0 aromatic rings. The summed E-state index contributed by atoms with van der Waals surface area (Å²) in [6, 6.07) is 0.579. The van der Waals surface area contributed by atoms with Gasteiger partial charge in [0.15, 0.2) is 0 Å². The Hall–Kier alpha value is -0.610. The lowest BCUT2D eigenvalue weighted by Gasteiger charge is -2.44. The van der Waals surface area contributed by atoms with Crippen molar-refractivity contribution in [3.05, 3.63) is 0 Å². The van der Waals surface area contributed by atoms with Gasteiger partial charge in [-0.15, -0.1) is 0 Å². The lowest BCUT2D eigenvalue weighted by atomic mass is 9.89. The van der Waals surface area contributed by atoms with Crippen LogP contribution in [0.5, 0.6) is 0 Å². The van der Waals surface area contributed by atoms with Crippen molar-refractivity contribution in [3.8, 4) is 0 Å². The van der Waals surface area contributed by atoms with Crippen LogP contribution >= 0.6 is 0 Å². The van der Waals surface area contributed by atoms with Gasteiger partial charge in [0.2, 0.25) is 0 Å². The number of carbonyl (C=O) groups is 1. The fraction of sp³-hybridized carbons (Fsp3) is 0.929. The van der Waals surface area contributed by atoms with Gasteiger partial charge in [-0.25, -0.2) is 0 Å². The molecule has 2 rings (SSSR count). The summed E-state index contributed by atoms with van der Waals surface area (Å²) in [6.07, 6.45) is 6.39. The van der Waals surface area contributed by atoms with Crippen molar-refractivity contribution < 1.29 is 9.90 Å². The Morgan fingerprint density at radius 3 is 2.56 bits per heavy atom. The maximum absolute atomic E-state index is 11.3. The molecule has 2 aliphatic rings. The van der Waals surface area contributed by atoms with Gasteiger partial charge < -0.3 is 10.4 Å². The van der Waals surface area contributed by atoms with Gasteiger partial charge in [-0.2, -0.15) is 0 Å². The van der Waals surface area contributed by atoms with E-state index in [1.807, 2.05) is 0 Å². The molecule has 0 radical (unpaired) electrons. The molecule has 4 heteroatoms. The molecule has 0 aromatic carbocycles. The average molecular weight is 254 g/mol. The van der Waals surface area contributed by atoms with E-state index in [2.05, 4.69) is 24.1 Å². The number of hydrogen-bond acceptors (Lipinski definition) is 3. The summed E-state index contributed by atoms with van der Waals surface area (Å²) in [6.45, 7) is 6.65. The molecule has 1 aliphatic carbocycles. The van der Waals surface area contributed by atoms with Crippen molar-refractivity contribution in [3.63, 3.8) is 0 Å². The lowest BCUT2D eigenvalue weighted by molar-refractivity contribution is -0.142. The molecule has 1 saturated carbocycles. The second-order valence-corrected chi connectivity index (χ2v) is 6.42. The minimum Gasteiger partial charge on any atom is -0.481 e. The van der Waals surface area contributed by atoms with E-state index >= 15 is 0 Å². The molecule has 104 valence electrons. The molecule has 1 atom stereocenters. The Morgan fingerprint density at radius 2 is 1.94 bits per heavy atom. The van der Waals surface area contributed by atoms with Gasteiger partial charge in [0, 0.05) is 31.2 Å². The van der Waals surface area contributed by atoms with Gasteiger partial charge in [-0.3, -0.25) is 9.69 Å². The maximum atomic E-state index is 11.3. The zero-order valence-electron chi connectivity index (χ0n) is 11.6. The molecule has 1 heterocycles. The highest BCUT2D eigenvalue weighted by atomic mass is 16.4. The van der Waals surface area contributed by atoms with E-state index in [0.717, 1.165) is 6.54 Å². The zero-order valence-corrected chi connectivity index (χ0v) is 11.6. The molecule has 1 saturated heterocycles. The predicted molar refractivity (Wildman–Crippen MR) is 71.7 cm³/mol. The summed E-state index contributed by atoms with van der Waals surface area (Å²) in [5.74, 6) is -0.935. The van der Waals surface area contributed by atoms with Gasteiger partial charge in [0.1, 0.15) is 0 Å². The largest absolute Gasteiger partial charge is 0.481 e. The van der Waals surface area contributed by atoms with Crippen LogP contribution in [0.25, 0.3) is 0 Å². The highest BCUT2D eigenvalue weighted by Gasteiger charge is 2.38. The molecule has 0 spiro atoms. The summed E-state index contributed by atoms with van der Waals surface area (Å²) >= 11 is 0.